The summed E-state index contributed by atoms with van der Waals surface area (Å²) in [5, 5.41) is 0. The van der Waals surface area contributed by atoms with E-state index >= 15 is 0 Å². The van der Waals surface area contributed by atoms with Crippen molar-refractivity contribution in [2.75, 3.05) is 6.26 Å². The molecule has 8 heteroatoms. The summed E-state index contributed by atoms with van der Waals surface area (Å²) in [4.78, 5) is 11.3. The average molecular weight is 365 g/mol. The van der Waals surface area contributed by atoms with Crippen LogP contribution in [0.4, 0.5) is 8.78 Å². The number of nitrogens with zero attached hydrogens (tertiary/aromatic N) is 1. The summed E-state index contributed by atoms with van der Waals surface area (Å²) in [5.41, 5.74) is 1.06. The minimum absolute atomic E-state index is 0.0229. The largest absolute Gasteiger partial charge is 0.424 e. The molecule has 0 atom stereocenters. The Hall–Kier alpha value is -2.74. The minimum Gasteiger partial charge on any atom is -0.415 e. The molecule has 3 rings (SSSR count). The van der Waals surface area contributed by atoms with Gasteiger partial charge in [-0.25, -0.2) is 26.6 Å². The number of benzene rings is 2. The molecule has 0 fully saturated rings. The van der Waals surface area contributed by atoms with Crippen molar-refractivity contribution in [3.8, 4) is 16.9 Å². The van der Waals surface area contributed by atoms with Gasteiger partial charge in [-0.15, -0.1) is 0 Å². The van der Waals surface area contributed by atoms with E-state index in [0.29, 0.717) is 11.8 Å². The number of aryl methyl sites for hydroxylation is 1. The van der Waals surface area contributed by atoms with Crippen molar-refractivity contribution in [3.63, 3.8) is 0 Å². The number of hydrogen-bond acceptors (Lipinski definition) is 4. The third-order valence-corrected chi connectivity index (χ3v) is 4.80. The molecule has 0 N–H and O–H groups in total. The predicted octanol–water partition coefficient (Wildman–Crippen LogP) is 3.09. The molecule has 0 saturated heterocycles. The van der Waals surface area contributed by atoms with E-state index in [9.17, 15) is 22.0 Å². The first-order valence-electron chi connectivity index (χ1n) is 7.15. The van der Waals surface area contributed by atoms with Crippen LogP contribution in [-0.2, 0) is 9.84 Å². The Morgan fingerprint density at radius 3 is 2.28 bits per heavy atom. The Bertz CT molecular complexity index is 1110. The van der Waals surface area contributed by atoms with Crippen molar-refractivity contribution in [2.45, 2.75) is 11.8 Å². The van der Waals surface area contributed by atoms with Crippen LogP contribution in [0.5, 0.6) is 0 Å². The highest BCUT2D eigenvalue weighted by Gasteiger charge is 2.22. The van der Waals surface area contributed by atoms with Gasteiger partial charge < -0.3 is 4.42 Å². The molecular weight excluding hydrogens is 352 g/mol. The third-order valence-electron chi connectivity index (χ3n) is 3.68. The molecule has 25 heavy (non-hydrogen) atoms. The highest BCUT2D eigenvalue weighted by Crippen LogP contribution is 2.28. The van der Waals surface area contributed by atoms with E-state index in [4.69, 9.17) is 4.42 Å². The molecule has 0 radical (unpaired) electrons. The molecular formula is C17H13F2NO4S. The number of sulfone groups is 1. The lowest BCUT2D eigenvalue weighted by Gasteiger charge is -2.09. The zero-order valence-corrected chi connectivity index (χ0v) is 14.1. The quantitative estimate of drug-likeness (QED) is 0.715. The zero-order valence-electron chi connectivity index (χ0n) is 13.3. The Balaban J connectivity index is 2.24. The first-order valence-corrected chi connectivity index (χ1v) is 9.04. The summed E-state index contributed by atoms with van der Waals surface area (Å²) in [5.74, 6) is -2.86. The Kier molecular flexibility index (Phi) is 4.08. The van der Waals surface area contributed by atoms with Gasteiger partial charge in [-0.2, -0.15) is 0 Å². The van der Waals surface area contributed by atoms with Crippen LogP contribution in [-0.4, -0.2) is 19.2 Å². The highest BCUT2D eigenvalue weighted by atomic mass is 32.2. The summed E-state index contributed by atoms with van der Waals surface area (Å²) in [6, 6.07) is 8.10. The Labute approximate surface area is 142 Å². The van der Waals surface area contributed by atoms with Crippen molar-refractivity contribution in [1.29, 1.82) is 0 Å². The molecule has 0 saturated carbocycles. The van der Waals surface area contributed by atoms with E-state index in [1.165, 1.54) is 0 Å². The van der Waals surface area contributed by atoms with E-state index in [2.05, 4.69) is 0 Å². The monoisotopic (exact) mass is 365 g/mol. The second kappa shape index (κ2) is 5.96. The van der Waals surface area contributed by atoms with E-state index in [1.807, 2.05) is 6.92 Å². The predicted molar refractivity (Wildman–Crippen MR) is 87.5 cm³/mol. The van der Waals surface area contributed by atoms with E-state index in [-0.39, 0.29) is 11.3 Å². The molecule has 5 nitrogen and oxygen atoms in total. The third kappa shape index (κ3) is 3.12. The summed E-state index contributed by atoms with van der Waals surface area (Å²) >= 11 is 0. The second-order valence-electron chi connectivity index (χ2n) is 5.59. The van der Waals surface area contributed by atoms with Crippen molar-refractivity contribution >= 4 is 9.84 Å². The number of oxazole rings is 1. The van der Waals surface area contributed by atoms with Crippen LogP contribution in [0.25, 0.3) is 16.9 Å². The minimum atomic E-state index is -3.92. The van der Waals surface area contributed by atoms with Crippen molar-refractivity contribution in [3.05, 3.63) is 70.4 Å². The standard InChI is InChI=1S/C17H13F2NO4S/c1-10-3-5-11(6-4-10)20-15(9-24-17(20)21)12-7-14(19)16(8-13(12)18)25(2,22)23/h3-9H,1-2H3. The van der Waals surface area contributed by atoms with E-state index < -0.39 is 32.1 Å². The van der Waals surface area contributed by atoms with Gasteiger partial charge in [0.05, 0.1) is 11.4 Å². The molecule has 0 spiro atoms. The Morgan fingerprint density at radius 1 is 1.04 bits per heavy atom. The van der Waals surface area contributed by atoms with Crippen LogP contribution in [0.2, 0.25) is 0 Å². The van der Waals surface area contributed by atoms with Crippen molar-refractivity contribution in [1.82, 2.24) is 4.57 Å². The van der Waals surface area contributed by atoms with E-state index in [1.54, 1.807) is 24.3 Å². The van der Waals surface area contributed by atoms with Crippen LogP contribution in [0.1, 0.15) is 5.56 Å². The second-order valence-corrected chi connectivity index (χ2v) is 7.58. The van der Waals surface area contributed by atoms with Crippen LogP contribution in [0, 0.1) is 18.6 Å². The van der Waals surface area contributed by atoms with Gasteiger partial charge in [-0.1, -0.05) is 17.7 Å². The molecule has 0 aliphatic carbocycles. The number of halogens is 2. The fraction of sp³-hybridized carbons (Fsp3) is 0.118. The zero-order chi connectivity index (χ0) is 18.4. The Morgan fingerprint density at radius 2 is 1.68 bits per heavy atom. The summed E-state index contributed by atoms with van der Waals surface area (Å²) < 4.78 is 57.5. The average Bonchev–Trinajstić information content (AvgIpc) is 2.90. The number of hydrogen-bond donors (Lipinski definition) is 0. The molecule has 0 amide bonds. The summed E-state index contributed by atoms with van der Waals surface area (Å²) in [7, 11) is -3.92. The van der Waals surface area contributed by atoms with Crippen LogP contribution in [0.15, 0.2) is 56.8 Å². The molecule has 0 aliphatic heterocycles. The fourth-order valence-electron chi connectivity index (χ4n) is 2.44. The number of aromatic nitrogens is 1. The lowest BCUT2D eigenvalue weighted by atomic mass is 10.1. The van der Waals surface area contributed by atoms with E-state index in [0.717, 1.165) is 28.7 Å². The molecule has 1 heterocycles. The lowest BCUT2D eigenvalue weighted by Crippen LogP contribution is -2.13. The van der Waals surface area contributed by atoms with Crippen molar-refractivity contribution < 1.29 is 21.6 Å². The molecule has 2 aromatic carbocycles. The summed E-state index contributed by atoms with van der Waals surface area (Å²) in [6.45, 7) is 1.86. The molecule has 3 aromatic rings. The number of rotatable bonds is 3. The van der Waals surface area contributed by atoms with Gasteiger partial charge in [-0.3, -0.25) is 0 Å². The van der Waals surface area contributed by atoms with Gasteiger partial charge in [0, 0.05) is 11.8 Å². The maximum atomic E-state index is 14.4. The maximum absolute atomic E-state index is 14.4. The smallest absolute Gasteiger partial charge is 0.415 e. The SMILES string of the molecule is Cc1ccc(-n2c(-c3cc(F)c(S(C)(=O)=O)cc3F)coc2=O)cc1. The van der Waals surface area contributed by atoms with Gasteiger partial charge in [0.2, 0.25) is 0 Å². The van der Waals surface area contributed by atoms with Gasteiger partial charge >= 0.3 is 5.76 Å². The lowest BCUT2D eigenvalue weighted by molar-refractivity contribution is 0.504. The first-order chi connectivity index (χ1) is 11.7. The van der Waals surface area contributed by atoms with Gasteiger partial charge in [0.1, 0.15) is 22.8 Å². The molecule has 0 aliphatic rings. The van der Waals surface area contributed by atoms with Gasteiger partial charge in [-0.05, 0) is 31.2 Å². The molecule has 1 aromatic heterocycles. The van der Waals surface area contributed by atoms with Gasteiger partial charge in [0.15, 0.2) is 9.84 Å². The molecule has 0 unspecified atom stereocenters. The topological polar surface area (TPSA) is 69.3 Å². The maximum Gasteiger partial charge on any atom is 0.424 e. The summed E-state index contributed by atoms with van der Waals surface area (Å²) in [6.07, 6.45) is 1.78. The molecule has 0 bridgehead atoms. The van der Waals surface area contributed by atoms with Crippen LogP contribution >= 0.6 is 0 Å². The van der Waals surface area contributed by atoms with Crippen molar-refractivity contribution in [2.24, 2.45) is 0 Å². The fourth-order valence-corrected chi connectivity index (χ4v) is 3.17. The normalized spacial score (nSPS) is 11.7. The van der Waals surface area contributed by atoms with Crippen LogP contribution < -0.4 is 5.76 Å². The van der Waals surface area contributed by atoms with Crippen LogP contribution in [0.3, 0.4) is 0 Å². The molecule has 130 valence electrons. The highest BCUT2D eigenvalue weighted by molar-refractivity contribution is 7.90. The van der Waals surface area contributed by atoms with Gasteiger partial charge in [0.25, 0.3) is 0 Å². The first kappa shape index (κ1) is 17.1.